The molecule has 4 aromatic rings. The van der Waals surface area contributed by atoms with Gasteiger partial charge >= 0.3 is 5.97 Å². The second-order valence-corrected chi connectivity index (χ2v) is 7.35. The van der Waals surface area contributed by atoms with Crippen molar-refractivity contribution in [3.05, 3.63) is 81.8 Å². The average Bonchev–Trinajstić information content (AvgIpc) is 3.19. The lowest BCUT2D eigenvalue weighted by molar-refractivity contribution is -0.384. The first-order valence-corrected chi connectivity index (χ1v) is 10.0. The van der Waals surface area contributed by atoms with Crippen LogP contribution in [0, 0.1) is 22.9 Å². The minimum atomic E-state index is -1.23. The first kappa shape index (κ1) is 22.5. The van der Waals surface area contributed by atoms with Crippen LogP contribution in [0.3, 0.4) is 0 Å². The topological polar surface area (TPSA) is 137 Å². The Labute approximate surface area is 191 Å². The number of rotatable bonds is 6. The molecular weight excluding hydrogens is 447 g/mol. The Balaban J connectivity index is 1.59. The van der Waals surface area contributed by atoms with E-state index in [0.29, 0.717) is 22.3 Å². The van der Waals surface area contributed by atoms with Gasteiger partial charge in [0.2, 0.25) is 0 Å². The normalized spacial score (nSPS) is 11.7. The summed E-state index contributed by atoms with van der Waals surface area (Å²) in [6.07, 6.45) is -1.23. The Bertz CT molecular complexity index is 1420. The third-order valence-corrected chi connectivity index (χ3v) is 4.95. The van der Waals surface area contributed by atoms with Crippen molar-refractivity contribution >= 4 is 34.4 Å². The highest BCUT2D eigenvalue weighted by Crippen LogP contribution is 2.28. The maximum atomic E-state index is 13.3. The van der Waals surface area contributed by atoms with Crippen molar-refractivity contribution < 1.29 is 28.2 Å². The number of anilines is 1. The van der Waals surface area contributed by atoms with Crippen molar-refractivity contribution in [2.75, 3.05) is 5.32 Å². The van der Waals surface area contributed by atoms with E-state index in [4.69, 9.17) is 9.26 Å². The van der Waals surface area contributed by atoms with Crippen molar-refractivity contribution in [2.45, 2.75) is 20.0 Å². The SMILES string of the molecule is Cc1noc2nc(-c3ccc(F)cc3)cc(C(=O)OC(C)C(=O)Nc3cccc([N+](=O)[O-])c3)c12. The lowest BCUT2D eigenvalue weighted by atomic mass is 10.1. The number of amides is 1. The van der Waals surface area contributed by atoms with E-state index in [2.05, 4.69) is 15.5 Å². The Morgan fingerprint density at radius 1 is 1.18 bits per heavy atom. The number of benzene rings is 2. The first-order chi connectivity index (χ1) is 16.2. The number of halogens is 1. The van der Waals surface area contributed by atoms with Crippen molar-refractivity contribution in [2.24, 2.45) is 0 Å². The van der Waals surface area contributed by atoms with Gasteiger partial charge in [-0.3, -0.25) is 14.9 Å². The molecule has 0 aliphatic carbocycles. The highest BCUT2D eigenvalue weighted by molar-refractivity contribution is 6.05. The van der Waals surface area contributed by atoms with Gasteiger partial charge in [-0.15, -0.1) is 0 Å². The molecule has 2 heterocycles. The molecule has 10 nitrogen and oxygen atoms in total. The summed E-state index contributed by atoms with van der Waals surface area (Å²) in [6, 6.07) is 12.3. The van der Waals surface area contributed by atoms with Crippen LogP contribution in [0.5, 0.6) is 0 Å². The van der Waals surface area contributed by atoms with E-state index in [1.165, 1.54) is 61.5 Å². The van der Waals surface area contributed by atoms with Crippen LogP contribution in [0.4, 0.5) is 15.8 Å². The van der Waals surface area contributed by atoms with Crippen LogP contribution in [0.2, 0.25) is 0 Å². The van der Waals surface area contributed by atoms with E-state index in [9.17, 15) is 24.1 Å². The molecular formula is C23H17FN4O6. The fraction of sp³-hybridized carbons (Fsp3) is 0.130. The van der Waals surface area contributed by atoms with E-state index in [1.807, 2.05) is 0 Å². The van der Waals surface area contributed by atoms with Gasteiger partial charge in [-0.25, -0.2) is 14.2 Å². The monoisotopic (exact) mass is 464 g/mol. The Morgan fingerprint density at radius 3 is 2.62 bits per heavy atom. The third kappa shape index (κ3) is 4.58. The molecule has 0 saturated heterocycles. The quantitative estimate of drug-likeness (QED) is 0.251. The molecule has 0 aliphatic heterocycles. The number of aryl methyl sites for hydroxylation is 1. The zero-order chi connectivity index (χ0) is 24.4. The molecule has 1 atom stereocenters. The van der Waals surface area contributed by atoms with E-state index >= 15 is 0 Å². The molecule has 34 heavy (non-hydrogen) atoms. The number of hydrogen-bond donors (Lipinski definition) is 1. The van der Waals surface area contributed by atoms with Crippen molar-refractivity contribution in [3.8, 4) is 11.3 Å². The number of aromatic nitrogens is 2. The summed E-state index contributed by atoms with van der Waals surface area (Å²) < 4.78 is 23.9. The number of non-ortho nitro benzene ring substituents is 1. The number of nitro groups is 1. The lowest BCUT2D eigenvalue weighted by Gasteiger charge is -2.14. The number of nitro benzene ring substituents is 1. The number of nitrogens with one attached hydrogen (secondary N) is 1. The maximum absolute atomic E-state index is 13.3. The molecule has 0 radical (unpaired) electrons. The summed E-state index contributed by atoms with van der Waals surface area (Å²) >= 11 is 0. The van der Waals surface area contributed by atoms with Crippen LogP contribution in [-0.2, 0) is 9.53 Å². The maximum Gasteiger partial charge on any atom is 0.339 e. The molecule has 0 bridgehead atoms. The molecule has 0 spiro atoms. The van der Waals surface area contributed by atoms with Gasteiger partial charge in [0.05, 0.1) is 27.3 Å². The van der Waals surface area contributed by atoms with Crippen LogP contribution in [-0.4, -0.2) is 33.0 Å². The molecule has 4 rings (SSSR count). The molecule has 1 amide bonds. The lowest BCUT2D eigenvalue weighted by Crippen LogP contribution is -2.30. The largest absolute Gasteiger partial charge is 0.449 e. The number of fused-ring (bicyclic) bond motifs is 1. The van der Waals surface area contributed by atoms with Crippen LogP contribution in [0.1, 0.15) is 23.0 Å². The number of pyridine rings is 1. The summed E-state index contributed by atoms with van der Waals surface area (Å²) in [5, 5.41) is 17.6. The van der Waals surface area contributed by atoms with Gasteiger partial charge < -0.3 is 14.6 Å². The van der Waals surface area contributed by atoms with Crippen LogP contribution >= 0.6 is 0 Å². The Morgan fingerprint density at radius 2 is 1.91 bits per heavy atom. The van der Waals surface area contributed by atoms with Crippen LogP contribution in [0.15, 0.2) is 59.1 Å². The second kappa shape index (κ2) is 9.06. The molecule has 0 fully saturated rings. The van der Waals surface area contributed by atoms with E-state index in [1.54, 1.807) is 6.92 Å². The molecule has 11 heteroatoms. The summed E-state index contributed by atoms with van der Waals surface area (Å²) in [4.78, 5) is 40.2. The second-order valence-electron chi connectivity index (χ2n) is 7.35. The molecule has 2 aromatic heterocycles. The predicted octanol–water partition coefficient (Wildman–Crippen LogP) is 4.43. The standard InChI is InChI=1S/C23H17FN4O6/c1-12-20-18(11-19(26-22(20)34-27-12)14-6-8-15(24)9-7-14)23(30)33-13(2)21(29)25-16-4-3-5-17(10-16)28(31)32/h3-11,13H,1-2H3,(H,25,29). The van der Waals surface area contributed by atoms with Crippen molar-refractivity contribution in [1.82, 2.24) is 10.1 Å². The van der Waals surface area contributed by atoms with E-state index in [0.717, 1.165) is 0 Å². The number of carbonyl (C=O) groups excluding carboxylic acids is 2. The van der Waals surface area contributed by atoms with Gasteiger partial charge in [0.1, 0.15) is 5.82 Å². The smallest absolute Gasteiger partial charge is 0.339 e. The molecule has 1 unspecified atom stereocenters. The minimum absolute atomic E-state index is 0.0677. The van der Waals surface area contributed by atoms with Gasteiger partial charge in [-0.2, -0.15) is 0 Å². The predicted molar refractivity (Wildman–Crippen MR) is 119 cm³/mol. The Kier molecular flexibility index (Phi) is 6.00. The number of ether oxygens (including phenoxy) is 1. The van der Waals surface area contributed by atoms with E-state index < -0.39 is 28.7 Å². The zero-order valence-electron chi connectivity index (χ0n) is 17.9. The summed E-state index contributed by atoms with van der Waals surface area (Å²) in [5.41, 5.74) is 1.39. The highest BCUT2D eigenvalue weighted by atomic mass is 19.1. The Hall–Kier alpha value is -4.67. The van der Waals surface area contributed by atoms with Gasteiger partial charge in [0.15, 0.2) is 6.10 Å². The highest BCUT2D eigenvalue weighted by Gasteiger charge is 2.25. The number of hydrogen-bond acceptors (Lipinski definition) is 8. The first-order valence-electron chi connectivity index (χ1n) is 10.0. The van der Waals surface area contributed by atoms with Crippen molar-refractivity contribution in [3.63, 3.8) is 0 Å². The average molecular weight is 464 g/mol. The number of nitrogens with zero attached hydrogens (tertiary/aromatic N) is 3. The van der Waals surface area contributed by atoms with Crippen LogP contribution in [0.25, 0.3) is 22.4 Å². The fourth-order valence-corrected chi connectivity index (χ4v) is 3.24. The number of carbonyl (C=O) groups is 2. The molecule has 0 saturated carbocycles. The van der Waals surface area contributed by atoms with Gasteiger partial charge in [0.25, 0.3) is 17.3 Å². The van der Waals surface area contributed by atoms with Gasteiger partial charge in [-0.1, -0.05) is 11.2 Å². The molecule has 2 aromatic carbocycles. The molecule has 0 aliphatic rings. The van der Waals surface area contributed by atoms with Crippen molar-refractivity contribution in [1.29, 1.82) is 0 Å². The fourth-order valence-electron chi connectivity index (χ4n) is 3.24. The zero-order valence-corrected chi connectivity index (χ0v) is 17.9. The number of esters is 1. The van der Waals surface area contributed by atoms with Gasteiger partial charge in [-0.05, 0) is 50.2 Å². The molecule has 172 valence electrons. The van der Waals surface area contributed by atoms with Gasteiger partial charge in [0, 0.05) is 23.4 Å². The minimum Gasteiger partial charge on any atom is -0.449 e. The van der Waals surface area contributed by atoms with E-state index in [-0.39, 0.29) is 22.7 Å². The summed E-state index contributed by atoms with van der Waals surface area (Å²) in [6.45, 7) is 2.99. The molecule has 1 N–H and O–H groups in total. The van der Waals surface area contributed by atoms with Crippen LogP contribution < -0.4 is 5.32 Å². The summed E-state index contributed by atoms with van der Waals surface area (Å²) in [7, 11) is 0. The summed E-state index contributed by atoms with van der Waals surface area (Å²) in [5.74, 6) is -1.94. The third-order valence-electron chi connectivity index (χ3n) is 4.95.